The highest BCUT2D eigenvalue weighted by Crippen LogP contribution is 2.18. The number of primary amides is 1. The van der Waals surface area contributed by atoms with Crippen molar-refractivity contribution >= 4 is 17.4 Å². The van der Waals surface area contributed by atoms with E-state index >= 15 is 0 Å². The van der Waals surface area contributed by atoms with Gasteiger partial charge in [-0.05, 0) is 19.4 Å². The summed E-state index contributed by atoms with van der Waals surface area (Å²) >= 11 is 0. The van der Waals surface area contributed by atoms with Crippen molar-refractivity contribution in [2.75, 3.05) is 5.32 Å². The molecule has 0 radical (unpaired) electrons. The maximum Gasteiger partial charge on any atom is 0.287 e. The van der Waals surface area contributed by atoms with Crippen LogP contribution in [0.5, 0.6) is 0 Å². The molecule has 0 bridgehead atoms. The molecule has 1 heterocycles. The Labute approximate surface area is 98.2 Å². The van der Waals surface area contributed by atoms with Crippen molar-refractivity contribution in [2.24, 2.45) is 5.73 Å². The Kier molecular flexibility index (Phi) is 3.97. The fourth-order valence-corrected chi connectivity index (χ4v) is 1.40. The van der Waals surface area contributed by atoms with Gasteiger partial charge in [0.25, 0.3) is 5.69 Å². The lowest BCUT2D eigenvalue weighted by Gasteiger charge is -2.14. The van der Waals surface area contributed by atoms with Crippen molar-refractivity contribution < 1.29 is 9.72 Å². The lowest BCUT2D eigenvalue weighted by Crippen LogP contribution is -2.24. The monoisotopic (exact) mass is 238 g/mol. The predicted molar refractivity (Wildman–Crippen MR) is 62.5 cm³/mol. The van der Waals surface area contributed by atoms with E-state index in [2.05, 4.69) is 10.3 Å². The summed E-state index contributed by atoms with van der Waals surface area (Å²) in [6.45, 7) is 3.49. The summed E-state index contributed by atoms with van der Waals surface area (Å²) in [6, 6.07) is 1.26. The molecule has 0 aliphatic carbocycles. The van der Waals surface area contributed by atoms with E-state index in [0.717, 1.165) is 0 Å². The number of pyridine rings is 1. The van der Waals surface area contributed by atoms with Crippen LogP contribution in [0.25, 0.3) is 0 Å². The van der Waals surface area contributed by atoms with Gasteiger partial charge in [-0.2, -0.15) is 0 Å². The van der Waals surface area contributed by atoms with Gasteiger partial charge < -0.3 is 11.1 Å². The second-order valence-electron chi connectivity index (χ2n) is 3.83. The van der Waals surface area contributed by atoms with Gasteiger partial charge in [0, 0.05) is 18.5 Å². The zero-order chi connectivity index (χ0) is 13.0. The average molecular weight is 238 g/mol. The highest BCUT2D eigenvalue weighted by molar-refractivity contribution is 5.74. The van der Waals surface area contributed by atoms with Crippen LogP contribution in [-0.2, 0) is 4.79 Å². The summed E-state index contributed by atoms with van der Waals surface area (Å²) in [4.78, 5) is 24.7. The number of carbonyl (C=O) groups is 1. The van der Waals surface area contributed by atoms with Crippen LogP contribution in [0, 0.1) is 17.0 Å². The number of aryl methyl sites for hydroxylation is 1. The minimum Gasteiger partial charge on any atom is -0.370 e. The number of aromatic nitrogens is 1. The standard InChI is InChI=1S/C10H14N4O3/c1-6-3-8(14(16)17)5-12-10(6)13-7(2)4-9(11)15/h3,5,7H,4H2,1-2H3,(H2,11,15)(H,12,13). The number of nitrogens with zero attached hydrogens (tertiary/aromatic N) is 2. The highest BCUT2D eigenvalue weighted by Gasteiger charge is 2.12. The Hall–Kier alpha value is -2.18. The SMILES string of the molecule is Cc1cc([N+](=O)[O-])cnc1NC(C)CC(N)=O. The second-order valence-corrected chi connectivity index (χ2v) is 3.83. The molecule has 0 aliphatic heterocycles. The Morgan fingerprint density at radius 3 is 2.82 bits per heavy atom. The number of amides is 1. The number of hydrogen-bond acceptors (Lipinski definition) is 5. The van der Waals surface area contributed by atoms with E-state index in [1.807, 2.05) is 0 Å². The number of nitro groups is 1. The van der Waals surface area contributed by atoms with E-state index in [0.29, 0.717) is 11.4 Å². The maximum absolute atomic E-state index is 10.7. The number of nitrogens with two attached hydrogens (primary N) is 1. The molecule has 0 spiro atoms. The summed E-state index contributed by atoms with van der Waals surface area (Å²) in [7, 11) is 0. The van der Waals surface area contributed by atoms with E-state index in [1.54, 1.807) is 13.8 Å². The number of nitrogens with one attached hydrogen (secondary N) is 1. The second kappa shape index (κ2) is 5.24. The normalized spacial score (nSPS) is 11.9. The Balaban J connectivity index is 2.79. The third-order valence-corrected chi connectivity index (χ3v) is 2.17. The van der Waals surface area contributed by atoms with Crippen LogP contribution in [0.3, 0.4) is 0 Å². The van der Waals surface area contributed by atoms with Crippen LogP contribution in [0.4, 0.5) is 11.5 Å². The van der Waals surface area contributed by atoms with Gasteiger partial charge >= 0.3 is 0 Å². The summed E-state index contributed by atoms with van der Waals surface area (Å²) in [5.74, 6) is 0.105. The first-order valence-corrected chi connectivity index (χ1v) is 5.06. The van der Waals surface area contributed by atoms with Crippen LogP contribution in [0.15, 0.2) is 12.3 Å². The van der Waals surface area contributed by atoms with Gasteiger partial charge in [-0.25, -0.2) is 4.98 Å². The zero-order valence-corrected chi connectivity index (χ0v) is 9.64. The molecule has 1 aromatic heterocycles. The number of carbonyl (C=O) groups excluding carboxylic acids is 1. The Morgan fingerprint density at radius 1 is 1.71 bits per heavy atom. The minimum absolute atomic E-state index is 0.0596. The van der Waals surface area contributed by atoms with Crippen LogP contribution < -0.4 is 11.1 Å². The maximum atomic E-state index is 10.7. The smallest absolute Gasteiger partial charge is 0.287 e. The van der Waals surface area contributed by atoms with Crippen LogP contribution in [0.1, 0.15) is 18.9 Å². The van der Waals surface area contributed by atoms with Gasteiger partial charge in [0.15, 0.2) is 0 Å². The number of hydrogen-bond donors (Lipinski definition) is 2. The molecule has 0 aliphatic rings. The molecule has 7 heteroatoms. The summed E-state index contributed by atoms with van der Waals surface area (Å²) < 4.78 is 0. The third kappa shape index (κ3) is 3.71. The van der Waals surface area contributed by atoms with Crippen molar-refractivity contribution in [1.29, 1.82) is 0 Å². The molecule has 0 saturated heterocycles. The lowest BCUT2D eigenvalue weighted by atomic mass is 10.2. The van der Waals surface area contributed by atoms with Gasteiger partial charge in [-0.3, -0.25) is 14.9 Å². The van der Waals surface area contributed by atoms with Crippen molar-refractivity contribution in [3.63, 3.8) is 0 Å². The molecule has 7 nitrogen and oxygen atoms in total. The van der Waals surface area contributed by atoms with E-state index in [9.17, 15) is 14.9 Å². The molecule has 1 unspecified atom stereocenters. The summed E-state index contributed by atoms with van der Waals surface area (Å²) in [5, 5.41) is 13.5. The van der Waals surface area contributed by atoms with Crippen LogP contribution in [-0.4, -0.2) is 21.9 Å². The van der Waals surface area contributed by atoms with Gasteiger partial charge in [-0.1, -0.05) is 0 Å². The average Bonchev–Trinajstić information content (AvgIpc) is 2.19. The molecule has 92 valence electrons. The molecular weight excluding hydrogens is 224 g/mol. The van der Waals surface area contributed by atoms with Crippen molar-refractivity contribution in [2.45, 2.75) is 26.3 Å². The zero-order valence-electron chi connectivity index (χ0n) is 9.64. The predicted octanol–water partition coefficient (Wildman–Crippen LogP) is 0.974. The third-order valence-electron chi connectivity index (χ3n) is 2.17. The van der Waals surface area contributed by atoms with Crippen LogP contribution >= 0.6 is 0 Å². The van der Waals surface area contributed by atoms with Crippen LogP contribution in [0.2, 0.25) is 0 Å². The first-order valence-electron chi connectivity index (χ1n) is 5.06. The first-order chi connectivity index (χ1) is 7.90. The van der Waals surface area contributed by atoms with E-state index in [-0.39, 0.29) is 18.2 Å². The molecule has 0 aromatic carbocycles. The molecule has 1 atom stereocenters. The minimum atomic E-state index is -0.503. The first kappa shape index (κ1) is 12.9. The van der Waals surface area contributed by atoms with Crippen molar-refractivity contribution in [3.05, 3.63) is 27.9 Å². The quantitative estimate of drug-likeness (QED) is 0.586. The summed E-state index contributed by atoms with van der Waals surface area (Å²) in [6.07, 6.45) is 1.35. The fraction of sp³-hybridized carbons (Fsp3) is 0.400. The molecule has 1 amide bonds. The highest BCUT2D eigenvalue weighted by atomic mass is 16.6. The summed E-state index contributed by atoms with van der Waals surface area (Å²) in [5.41, 5.74) is 5.65. The van der Waals surface area contributed by atoms with E-state index < -0.39 is 10.8 Å². The van der Waals surface area contributed by atoms with E-state index in [1.165, 1.54) is 12.3 Å². The van der Waals surface area contributed by atoms with E-state index in [4.69, 9.17) is 5.73 Å². The van der Waals surface area contributed by atoms with Gasteiger partial charge in [0.1, 0.15) is 12.0 Å². The Morgan fingerprint density at radius 2 is 2.35 bits per heavy atom. The molecule has 3 N–H and O–H groups in total. The largest absolute Gasteiger partial charge is 0.370 e. The molecule has 0 fully saturated rings. The van der Waals surface area contributed by atoms with Crippen molar-refractivity contribution in [3.8, 4) is 0 Å². The van der Waals surface area contributed by atoms with Gasteiger partial charge in [-0.15, -0.1) is 0 Å². The topological polar surface area (TPSA) is 111 Å². The van der Waals surface area contributed by atoms with Gasteiger partial charge in [0.05, 0.1) is 4.92 Å². The molecule has 1 aromatic rings. The molecule has 1 rings (SSSR count). The number of rotatable bonds is 5. The van der Waals surface area contributed by atoms with Crippen molar-refractivity contribution in [1.82, 2.24) is 4.98 Å². The molecule has 0 saturated carbocycles. The fourth-order valence-electron chi connectivity index (χ4n) is 1.40. The Bertz CT molecular complexity index is 447. The number of anilines is 1. The van der Waals surface area contributed by atoms with Gasteiger partial charge in [0.2, 0.25) is 5.91 Å². The molecular formula is C10H14N4O3. The lowest BCUT2D eigenvalue weighted by molar-refractivity contribution is -0.385. The molecule has 17 heavy (non-hydrogen) atoms.